The van der Waals surface area contributed by atoms with Gasteiger partial charge in [0.15, 0.2) is 5.16 Å². The van der Waals surface area contributed by atoms with Gasteiger partial charge >= 0.3 is 0 Å². The fourth-order valence-electron chi connectivity index (χ4n) is 2.84. The molecule has 1 heterocycles. The molecule has 2 atom stereocenters. The van der Waals surface area contributed by atoms with Crippen LogP contribution in [0.15, 0.2) is 23.6 Å². The standard InChI is InChI=1S/C14H23N3OS/c1-11(2)17-14(10-18)6-3-5-12(9-14)19-13-15-7-4-8-16-13/h4,7-8,11-12,17-18H,3,5-6,9-10H2,1-2H3. The Morgan fingerprint density at radius 2 is 2.21 bits per heavy atom. The van der Waals surface area contributed by atoms with Gasteiger partial charge < -0.3 is 10.4 Å². The Hall–Kier alpha value is -0.650. The highest BCUT2D eigenvalue weighted by atomic mass is 32.2. The number of nitrogens with zero attached hydrogens (tertiary/aromatic N) is 2. The minimum absolute atomic E-state index is 0.126. The lowest BCUT2D eigenvalue weighted by Gasteiger charge is -2.41. The van der Waals surface area contributed by atoms with Gasteiger partial charge in [0.05, 0.1) is 6.61 Å². The number of aromatic nitrogens is 2. The van der Waals surface area contributed by atoms with Crippen molar-refractivity contribution in [1.82, 2.24) is 15.3 Å². The highest BCUT2D eigenvalue weighted by Gasteiger charge is 2.36. The van der Waals surface area contributed by atoms with Crippen LogP contribution in [0, 0.1) is 0 Å². The first-order chi connectivity index (χ1) is 9.13. The van der Waals surface area contributed by atoms with Crippen molar-refractivity contribution < 1.29 is 5.11 Å². The van der Waals surface area contributed by atoms with Crippen LogP contribution in [-0.4, -0.2) is 38.5 Å². The van der Waals surface area contributed by atoms with Crippen molar-refractivity contribution in [2.45, 2.75) is 61.5 Å². The quantitative estimate of drug-likeness (QED) is 0.811. The van der Waals surface area contributed by atoms with Crippen LogP contribution in [-0.2, 0) is 0 Å². The van der Waals surface area contributed by atoms with Gasteiger partial charge in [-0.1, -0.05) is 32.0 Å². The Labute approximate surface area is 119 Å². The van der Waals surface area contributed by atoms with E-state index in [2.05, 4.69) is 29.1 Å². The molecule has 5 heteroatoms. The fourth-order valence-corrected chi connectivity index (χ4v) is 4.07. The second-order valence-electron chi connectivity index (χ2n) is 5.61. The van der Waals surface area contributed by atoms with E-state index in [1.54, 1.807) is 24.2 Å². The first-order valence-electron chi connectivity index (χ1n) is 6.96. The van der Waals surface area contributed by atoms with Gasteiger partial charge in [-0.25, -0.2) is 9.97 Å². The summed E-state index contributed by atoms with van der Waals surface area (Å²) in [6, 6.07) is 2.23. The molecular formula is C14H23N3OS. The highest BCUT2D eigenvalue weighted by Crippen LogP contribution is 2.37. The van der Waals surface area contributed by atoms with Crippen LogP contribution >= 0.6 is 11.8 Å². The topological polar surface area (TPSA) is 58.0 Å². The normalized spacial score (nSPS) is 27.7. The summed E-state index contributed by atoms with van der Waals surface area (Å²) in [5, 5.41) is 14.6. The minimum atomic E-state index is -0.126. The number of aliphatic hydroxyl groups is 1. The van der Waals surface area contributed by atoms with Gasteiger partial charge in [-0.15, -0.1) is 0 Å². The van der Waals surface area contributed by atoms with E-state index in [0.717, 1.165) is 24.4 Å². The fraction of sp³-hybridized carbons (Fsp3) is 0.714. The minimum Gasteiger partial charge on any atom is -0.394 e. The summed E-state index contributed by atoms with van der Waals surface area (Å²) in [6.45, 7) is 4.47. The van der Waals surface area contributed by atoms with Gasteiger partial charge in [0.1, 0.15) is 0 Å². The van der Waals surface area contributed by atoms with Crippen molar-refractivity contribution >= 4 is 11.8 Å². The molecule has 1 aliphatic rings. The van der Waals surface area contributed by atoms with Gasteiger partial charge in [0, 0.05) is 29.2 Å². The third-order valence-electron chi connectivity index (χ3n) is 3.51. The summed E-state index contributed by atoms with van der Waals surface area (Å²) in [5.74, 6) is 0. The Morgan fingerprint density at radius 3 is 2.84 bits per heavy atom. The summed E-state index contributed by atoms with van der Waals surface area (Å²) >= 11 is 1.74. The molecule has 0 radical (unpaired) electrons. The van der Waals surface area contributed by atoms with Crippen LogP contribution < -0.4 is 5.32 Å². The van der Waals surface area contributed by atoms with Crippen molar-refractivity contribution in [3.05, 3.63) is 18.5 Å². The van der Waals surface area contributed by atoms with Gasteiger partial charge in [-0.3, -0.25) is 0 Å². The van der Waals surface area contributed by atoms with E-state index < -0.39 is 0 Å². The number of nitrogens with one attached hydrogen (secondary N) is 1. The predicted octanol–water partition coefficient (Wildman–Crippen LogP) is 2.24. The van der Waals surface area contributed by atoms with E-state index >= 15 is 0 Å². The zero-order valence-electron chi connectivity index (χ0n) is 11.7. The molecule has 0 bridgehead atoms. The first kappa shape index (κ1) is 14.8. The third kappa shape index (κ3) is 4.16. The lowest BCUT2D eigenvalue weighted by molar-refractivity contribution is 0.115. The van der Waals surface area contributed by atoms with Crippen molar-refractivity contribution in [2.75, 3.05) is 6.61 Å². The van der Waals surface area contributed by atoms with Crippen LogP contribution in [0.5, 0.6) is 0 Å². The molecule has 1 saturated carbocycles. The summed E-state index contributed by atoms with van der Waals surface area (Å²) in [6.07, 6.45) is 7.90. The van der Waals surface area contributed by atoms with Gasteiger partial charge in [0.2, 0.25) is 0 Å². The SMILES string of the molecule is CC(C)NC1(CO)CCCC(Sc2ncccn2)C1. The Bertz CT molecular complexity index is 388. The van der Waals surface area contributed by atoms with Gasteiger partial charge in [-0.2, -0.15) is 0 Å². The maximum Gasteiger partial charge on any atom is 0.187 e. The maximum absolute atomic E-state index is 9.77. The van der Waals surface area contributed by atoms with Crippen molar-refractivity contribution in [1.29, 1.82) is 0 Å². The molecule has 4 nitrogen and oxygen atoms in total. The number of hydrogen-bond acceptors (Lipinski definition) is 5. The molecule has 0 aliphatic heterocycles. The van der Waals surface area contributed by atoms with E-state index in [1.807, 2.05) is 6.07 Å². The largest absolute Gasteiger partial charge is 0.394 e. The Kier molecular flexibility index (Phi) is 5.19. The molecule has 19 heavy (non-hydrogen) atoms. The van der Waals surface area contributed by atoms with E-state index in [-0.39, 0.29) is 12.1 Å². The maximum atomic E-state index is 9.77. The molecule has 1 aliphatic carbocycles. The highest BCUT2D eigenvalue weighted by molar-refractivity contribution is 7.99. The third-order valence-corrected chi connectivity index (χ3v) is 4.67. The molecule has 1 fully saturated rings. The Balaban J connectivity index is 1.99. The molecule has 0 spiro atoms. The zero-order chi connectivity index (χ0) is 13.7. The summed E-state index contributed by atoms with van der Waals surface area (Å²) in [4.78, 5) is 8.55. The molecule has 0 aromatic carbocycles. The van der Waals surface area contributed by atoms with Crippen LogP contribution in [0.2, 0.25) is 0 Å². The average Bonchev–Trinajstić information content (AvgIpc) is 2.39. The van der Waals surface area contributed by atoms with Crippen LogP contribution in [0.4, 0.5) is 0 Å². The van der Waals surface area contributed by atoms with Crippen molar-refractivity contribution in [3.63, 3.8) is 0 Å². The number of thioether (sulfide) groups is 1. The summed E-state index contributed by atoms with van der Waals surface area (Å²) in [5.41, 5.74) is -0.126. The van der Waals surface area contributed by atoms with Gasteiger partial charge in [0.25, 0.3) is 0 Å². The van der Waals surface area contributed by atoms with Crippen LogP contribution in [0.25, 0.3) is 0 Å². The van der Waals surface area contributed by atoms with Gasteiger partial charge in [-0.05, 0) is 25.3 Å². The monoisotopic (exact) mass is 281 g/mol. The smallest absolute Gasteiger partial charge is 0.187 e. The average molecular weight is 281 g/mol. The van der Waals surface area contributed by atoms with Crippen molar-refractivity contribution in [3.8, 4) is 0 Å². The molecule has 2 rings (SSSR count). The van der Waals surface area contributed by atoms with Crippen molar-refractivity contribution in [2.24, 2.45) is 0 Å². The van der Waals surface area contributed by atoms with E-state index in [1.165, 1.54) is 6.42 Å². The summed E-state index contributed by atoms with van der Waals surface area (Å²) < 4.78 is 0. The molecule has 0 amide bonds. The number of hydrogen-bond donors (Lipinski definition) is 2. The predicted molar refractivity (Wildman–Crippen MR) is 78.2 cm³/mol. The molecule has 106 valence electrons. The summed E-state index contributed by atoms with van der Waals surface area (Å²) in [7, 11) is 0. The molecular weight excluding hydrogens is 258 g/mol. The second kappa shape index (κ2) is 6.68. The van der Waals surface area contributed by atoms with Crippen LogP contribution in [0.1, 0.15) is 39.5 Å². The second-order valence-corrected chi connectivity index (χ2v) is 6.87. The first-order valence-corrected chi connectivity index (χ1v) is 7.84. The molecule has 2 unspecified atom stereocenters. The van der Waals surface area contributed by atoms with E-state index in [4.69, 9.17) is 0 Å². The number of aliphatic hydroxyl groups excluding tert-OH is 1. The molecule has 1 aromatic rings. The lowest BCUT2D eigenvalue weighted by Crippen LogP contribution is -2.54. The molecule has 1 aromatic heterocycles. The number of rotatable bonds is 5. The van der Waals surface area contributed by atoms with E-state index in [0.29, 0.717) is 11.3 Å². The molecule has 2 N–H and O–H groups in total. The molecule has 0 saturated heterocycles. The lowest BCUT2D eigenvalue weighted by atomic mass is 9.81. The zero-order valence-corrected chi connectivity index (χ0v) is 12.5. The van der Waals surface area contributed by atoms with E-state index in [9.17, 15) is 5.11 Å². The van der Waals surface area contributed by atoms with Crippen LogP contribution in [0.3, 0.4) is 0 Å². The Morgan fingerprint density at radius 1 is 1.47 bits per heavy atom.